The summed E-state index contributed by atoms with van der Waals surface area (Å²) in [5.74, 6) is 0.696. The monoisotopic (exact) mass is 274 g/mol. The van der Waals surface area contributed by atoms with Crippen molar-refractivity contribution in [2.75, 3.05) is 6.61 Å². The summed E-state index contributed by atoms with van der Waals surface area (Å²) >= 11 is 0. The number of aromatic nitrogens is 2. The molecule has 0 amide bonds. The van der Waals surface area contributed by atoms with E-state index in [0.717, 1.165) is 11.1 Å². The fourth-order valence-corrected chi connectivity index (χ4v) is 1.57. The molecule has 0 unspecified atom stereocenters. The number of aliphatic hydroxyl groups is 1. The van der Waals surface area contributed by atoms with Crippen LogP contribution < -0.4 is 4.74 Å². The van der Waals surface area contributed by atoms with Gasteiger partial charge in [0.2, 0.25) is 0 Å². The number of carbonyl (C=O) groups is 1. The molecular formula is C14H14N2O4. The molecule has 0 fully saturated rings. The molecule has 1 aromatic heterocycles. The van der Waals surface area contributed by atoms with Crippen molar-refractivity contribution in [3.8, 4) is 17.1 Å². The lowest BCUT2D eigenvalue weighted by atomic mass is 10.1. The van der Waals surface area contributed by atoms with Crippen LogP contribution in [0.25, 0.3) is 11.4 Å². The van der Waals surface area contributed by atoms with Crippen molar-refractivity contribution in [3.05, 3.63) is 42.2 Å². The first kappa shape index (κ1) is 14.0. The molecule has 0 atom stereocenters. The molecule has 0 aliphatic rings. The Hall–Kier alpha value is -2.47. The molecule has 0 aliphatic carbocycles. The number of hydrogen-bond donors (Lipinski definition) is 1. The smallest absolute Gasteiger partial charge is 0.434 e. The topological polar surface area (TPSA) is 81.5 Å². The minimum atomic E-state index is -0.786. The Bertz CT molecular complexity index is 584. The molecule has 1 aromatic carbocycles. The number of aliphatic hydroxyl groups excluding tert-OH is 1. The van der Waals surface area contributed by atoms with Gasteiger partial charge in [0.05, 0.1) is 25.6 Å². The molecule has 0 radical (unpaired) electrons. The summed E-state index contributed by atoms with van der Waals surface area (Å²) in [5.41, 5.74) is 1.55. The van der Waals surface area contributed by atoms with E-state index in [9.17, 15) is 4.79 Å². The summed E-state index contributed by atoms with van der Waals surface area (Å²) in [6, 6.07) is 7.25. The molecule has 6 nitrogen and oxygen atoms in total. The first-order valence-corrected chi connectivity index (χ1v) is 6.09. The number of nitrogens with zero attached hydrogens (tertiary/aromatic N) is 2. The van der Waals surface area contributed by atoms with E-state index in [1.807, 2.05) is 18.2 Å². The highest BCUT2D eigenvalue weighted by Gasteiger charge is 2.07. The Morgan fingerprint density at radius 1 is 1.30 bits per heavy atom. The SMILES string of the molecule is CCOC(=O)Oc1cnc(-c2cccc(CO)c2)nc1. The number of hydrogen-bond acceptors (Lipinski definition) is 6. The first-order valence-electron chi connectivity index (χ1n) is 6.09. The standard InChI is InChI=1S/C14H14N2O4/c1-2-19-14(18)20-12-7-15-13(16-8-12)11-5-3-4-10(6-11)9-17/h3-8,17H,2,9H2,1H3. The van der Waals surface area contributed by atoms with Crippen molar-refractivity contribution in [1.82, 2.24) is 9.97 Å². The Kier molecular flexibility index (Phi) is 4.62. The van der Waals surface area contributed by atoms with Crippen LogP contribution in [0.4, 0.5) is 4.79 Å². The zero-order valence-corrected chi connectivity index (χ0v) is 10.9. The lowest BCUT2D eigenvalue weighted by Crippen LogP contribution is -2.10. The highest BCUT2D eigenvalue weighted by Crippen LogP contribution is 2.18. The van der Waals surface area contributed by atoms with Crippen LogP contribution in [-0.2, 0) is 11.3 Å². The predicted octanol–water partition coefficient (Wildman–Crippen LogP) is 2.17. The van der Waals surface area contributed by atoms with E-state index in [2.05, 4.69) is 14.7 Å². The minimum absolute atomic E-state index is 0.0438. The third-order valence-electron chi connectivity index (χ3n) is 2.46. The Balaban J connectivity index is 2.13. The zero-order chi connectivity index (χ0) is 14.4. The molecule has 0 aliphatic heterocycles. The van der Waals surface area contributed by atoms with Gasteiger partial charge >= 0.3 is 6.16 Å². The number of benzene rings is 1. The maximum Gasteiger partial charge on any atom is 0.513 e. The molecular weight excluding hydrogens is 260 g/mol. The van der Waals surface area contributed by atoms with Gasteiger partial charge in [0.1, 0.15) is 0 Å². The van der Waals surface area contributed by atoms with Crippen LogP contribution in [0.2, 0.25) is 0 Å². The lowest BCUT2D eigenvalue weighted by Gasteiger charge is -2.05. The van der Waals surface area contributed by atoms with E-state index in [1.54, 1.807) is 13.0 Å². The molecule has 1 N–H and O–H groups in total. The first-order chi connectivity index (χ1) is 9.72. The van der Waals surface area contributed by atoms with Gasteiger partial charge in [-0.2, -0.15) is 0 Å². The van der Waals surface area contributed by atoms with Gasteiger partial charge < -0.3 is 14.6 Å². The van der Waals surface area contributed by atoms with E-state index < -0.39 is 6.16 Å². The molecule has 104 valence electrons. The number of rotatable bonds is 4. The highest BCUT2D eigenvalue weighted by molar-refractivity contribution is 5.63. The quantitative estimate of drug-likeness (QED) is 0.860. The molecule has 0 saturated heterocycles. The lowest BCUT2D eigenvalue weighted by molar-refractivity contribution is 0.104. The van der Waals surface area contributed by atoms with E-state index in [4.69, 9.17) is 9.84 Å². The van der Waals surface area contributed by atoms with Gasteiger partial charge in [0.25, 0.3) is 0 Å². The minimum Gasteiger partial charge on any atom is -0.434 e. The van der Waals surface area contributed by atoms with Gasteiger partial charge in [-0.1, -0.05) is 18.2 Å². The van der Waals surface area contributed by atoms with Crippen LogP contribution in [0.3, 0.4) is 0 Å². The molecule has 0 bridgehead atoms. The van der Waals surface area contributed by atoms with Gasteiger partial charge in [-0.3, -0.25) is 0 Å². The average Bonchev–Trinajstić information content (AvgIpc) is 2.48. The van der Waals surface area contributed by atoms with Crippen molar-refractivity contribution in [1.29, 1.82) is 0 Å². The summed E-state index contributed by atoms with van der Waals surface area (Å²) in [7, 11) is 0. The van der Waals surface area contributed by atoms with Gasteiger partial charge in [-0.15, -0.1) is 0 Å². The van der Waals surface area contributed by atoms with E-state index in [0.29, 0.717) is 5.82 Å². The summed E-state index contributed by atoms with van der Waals surface area (Å²) in [5, 5.41) is 9.09. The Morgan fingerprint density at radius 2 is 2.05 bits per heavy atom. The maximum atomic E-state index is 11.1. The van der Waals surface area contributed by atoms with Crippen LogP contribution in [0.1, 0.15) is 12.5 Å². The van der Waals surface area contributed by atoms with E-state index >= 15 is 0 Å². The van der Waals surface area contributed by atoms with Crippen LogP contribution in [0, 0.1) is 0 Å². The van der Waals surface area contributed by atoms with Crippen LogP contribution in [-0.4, -0.2) is 27.8 Å². The molecule has 2 aromatic rings. The molecule has 20 heavy (non-hydrogen) atoms. The summed E-state index contributed by atoms with van der Waals surface area (Å²) in [6.45, 7) is 1.89. The van der Waals surface area contributed by atoms with Gasteiger partial charge in [-0.25, -0.2) is 14.8 Å². The zero-order valence-electron chi connectivity index (χ0n) is 10.9. The summed E-state index contributed by atoms with van der Waals surface area (Å²) < 4.78 is 9.51. The van der Waals surface area contributed by atoms with Crippen molar-refractivity contribution < 1.29 is 19.4 Å². The number of ether oxygens (including phenoxy) is 2. The van der Waals surface area contributed by atoms with Crippen molar-refractivity contribution in [3.63, 3.8) is 0 Å². The van der Waals surface area contributed by atoms with Crippen molar-refractivity contribution in [2.24, 2.45) is 0 Å². The summed E-state index contributed by atoms with van der Waals surface area (Å²) in [6.07, 6.45) is 2.00. The molecule has 1 heterocycles. The fraction of sp³-hybridized carbons (Fsp3) is 0.214. The van der Waals surface area contributed by atoms with Crippen molar-refractivity contribution in [2.45, 2.75) is 13.5 Å². The second-order valence-electron chi connectivity index (χ2n) is 3.89. The predicted molar refractivity (Wildman–Crippen MR) is 71.0 cm³/mol. The average molecular weight is 274 g/mol. The van der Waals surface area contributed by atoms with Crippen molar-refractivity contribution >= 4 is 6.16 Å². The second kappa shape index (κ2) is 6.63. The third kappa shape index (κ3) is 3.52. The largest absolute Gasteiger partial charge is 0.513 e. The second-order valence-corrected chi connectivity index (χ2v) is 3.89. The van der Waals surface area contributed by atoms with Crippen LogP contribution in [0.15, 0.2) is 36.7 Å². The van der Waals surface area contributed by atoms with E-state index in [1.165, 1.54) is 12.4 Å². The normalized spacial score (nSPS) is 10.1. The van der Waals surface area contributed by atoms with Gasteiger partial charge in [0.15, 0.2) is 11.6 Å². The highest BCUT2D eigenvalue weighted by atomic mass is 16.7. The third-order valence-corrected chi connectivity index (χ3v) is 2.46. The number of carbonyl (C=O) groups excluding carboxylic acids is 1. The van der Waals surface area contributed by atoms with Gasteiger partial charge in [-0.05, 0) is 18.6 Å². The van der Waals surface area contributed by atoms with Gasteiger partial charge in [0, 0.05) is 5.56 Å². The maximum absolute atomic E-state index is 11.1. The Labute approximate surface area is 116 Å². The molecule has 2 rings (SSSR count). The molecule has 6 heteroatoms. The van der Waals surface area contributed by atoms with E-state index in [-0.39, 0.29) is 19.0 Å². The molecule has 0 spiro atoms. The molecule has 0 saturated carbocycles. The fourth-order valence-electron chi connectivity index (χ4n) is 1.57. The van der Waals surface area contributed by atoms with Crippen LogP contribution in [0.5, 0.6) is 5.75 Å². The summed E-state index contributed by atoms with van der Waals surface area (Å²) in [4.78, 5) is 19.3. The Morgan fingerprint density at radius 3 is 2.70 bits per heavy atom. The van der Waals surface area contributed by atoms with Crippen LogP contribution >= 0.6 is 0 Å².